The highest BCUT2D eigenvalue weighted by Crippen LogP contribution is 2.21. The van der Waals surface area contributed by atoms with Crippen LogP contribution in [0.4, 0.5) is 8.78 Å². The molecule has 1 aromatic carbocycles. The third-order valence-electron chi connectivity index (χ3n) is 3.37. The highest BCUT2D eigenvalue weighted by Gasteiger charge is 2.22. The lowest BCUT2D eigenvalue weighted by molar-refractivity contribution is 0.289. The van der Waals surface area contributed by atoms with E-state index in [1.165, 1.54) is 0 Å². The molecule has 1 rings (SSSR count). The van der Waals surface area contributed by atoms with Gasteiger partial charge in [-0.2, -0.15) is 0 Å². The van der Waals surface area contributed by atoms with Crippen molar-refractivity contribution >= 4 is 10.0 Å². The van der Waals surface area contributed by atoms with Crippen LogP contribution < -0.4 is 4.72 Å². The summed E-state index contributed by atoms with van der Waals surface area (Å²) in [6.07, 6.45) is 0. The minimum Gasteiger partial charge on any atom is -0.211 e. The molecule has 3 nitrogen and oxygen atoms in total. The van der Waals surface area contributed by atoms with Crippen LogP contribution in [0.25, 0.3) is 0 Å². The summed E-state index contributed by atoms with van der Waals surface area (Å²) in [6.45, 7) is 8.30. The van der Waals surface area contributed by atoms with Gasteiger partial charge in [-0.05, 0) is 29.9 Å². The molecule has 0 unspecified atom stereocenters. The van der Waals surface area contributed by atoms with Gasteiger partial charge in [0, 0.05) is 12.6 Å². The van der Waals surface area contributed by atoms with Gasteiger partial charge in [-0.3, -0.25) is 0 Å². The molecule has 0 aromatic heterocycles. The summed E-state index contributed by atoms with van der Waals surface area (Å²) in [5.41, 5.74) is 0. The highest BCUT2D eigenvalue weighted by molar-refractivity contribution is 7.89. The van der Waals surface area contributed by atoms with E-state index in [0.717, 1.165) is 12.1 Å². The first kappa shape index (κ1) is 17.0. The van der Waals surface area contributed by atoms with E-state index >= 15 is 0 Å². The molecule has 1 N–H and O–H groups in total. The molecule has 0 atom stereocenters. The average Bonchev–Trinajstić information content (AvgIpc) is 2.26. The van der Waals surface area contributed by atoms with Crippen LogP contribution in [0.1, 0.15) is 27.7 Å². The Morgan fingerprint density at radius 1 is 1.00 bits per heavy atom. The minimum absolute atomic E-state index is 0.156. The van der Waals surface area contributed by atoms with Crippen molar-refractivity contribution in [2.75, 3.05) is 6.54 Å². The summed E-state index contributed by atoms with van der Waals surface area (Å²) in [6, 6.07) is 2.26. The van der Waals surface area contributed by atoms with E-state index in [9.17, 15) is 17.2 Å². The van der Waals surface area contributed by atoms with Crippen LogP contribution in [0.3, 0.4) is 0 Å². The van der Waals surface area contributed by atoms with Crippen LogP contribution in [0.15, 0.2) is 23.1 Å². The van der Waals surface area contributed by atoms with E-state index in [0.29, 0.717) is 17.9 Å². The normalized spacial score (nSPS) is 12.7. The topological polar surface area (TPSA) is 46.2 Å². The van der Waals surface area contributed by atoms with E-state index in [-0.39, 0.29) is 17.4 Å². The van der Waals surface area contributed by atoms with E-state index in [2.05, 4.69) is 4.72 Å². The highest BCUT2D eigenvalue weighted by atomic mass is 32.2. The Morgan fingerprint density at radius 2 is 1.45 bits per heavy atom. The predicted molar refractivity (Wildman–Crippen MR) is 74.7 cm³/mol. The molecule has 20 heavy (non-hydrogen) atoms. The molecule has 0 radical (unpaired) electrons. The quantitative estimate of drug-likeness (QED) is 0.877. The summed E-state index contributed by atoms with van der Waals surface area (Å²) in [7, 11) is -3.90. The van der Waals surface area contributed by atoms with Gasteiger partial charge in [0.2, 0.25) is 10.0 Å². The molecular weight excluding hydrogens is 284 g/mol. The van der Waals surface area contributed by atoms with Crippen LogP contribution >= 0.6 is 0 Å². The summed E-state index contributed by atoms with van der Waals surface area (Å²) in [5.74, 6) is -1.05. The van der Waals surface area contributed by atoms with Crippen molar-refractivity contribution in [3.05, 3.63) is 29.8 Å². The lowest BCUT2D eigenvalue weighted by Crippen LogP contribution is -2.34. The number of halogens is 2. The molecule has 0 bridgehead atoms. The second-order valence-electron chi connectivity index (χ2n) is 5.61. The minimum atomic E-state index is -3.90. The number of rotatable bonds is 6. The molecule has 0 aliphatic carbocycles. The average molecular weight is 305 g/mol. The molecule has 0 heterocycles. The molecule has 0 fully saturated rings. The number of benzene rings is 1. The Hall–Kier alpha value is -1.01. The third kappa shape index (κ3) is 4.52. The van der Waals surface area contributed by atoms with Gasteiger partial charge in [-0.1, -0.05) is 27.7 Å². The monoisotopic (exact) mass is 305 g/mol. The number of hydrogen-bond acceptors (Lipinski definition) is 2. The first-order valence-corrected chi connectivity index (χ1v) is 8.07. The number of nitrogens with one attached hydrogen (secondary N) is 1. The van der Waals surface area contributed by atoms with Gasteiger partial charge in [-0.25, -0.2) is 21.9 Å². The van der Waals surface area contributed by atoms with Gasteiger partial charge < -0.3 is 0 Å². The van der Waals surface area contributed by atoms with Crippen molar-refractivity contribution in [3.8, 4) is 0 Å². The predicted octanol–water partition coefficient (Wildman–Crippen LogP) is 3.17. The summed E-state index contributed by atoms with van der Waals surface area (Å²) in [4.78, 5) is -0.388. The van der Waals surface area contributed by atoms with Crippen molar-refractivity contribution in [1.82, 2.24) is 4.72 Å². The van der Waals surface area contributed by atoms with Gasteiger partial charge in [0.15, 0.2) is 0 Å². The van der Waals surface area contributed by atoms with Gasteiger partial charge in [0.1, 0.15) is 11.6 Å². The molecule has 0 saturated carbocycles. The standard InChI is InChI=1S/C14H21F2NO2S/c1-9(2)14(10(3)4)8-17-20(18,19)13-6-11(15)5-12(16)7-13/h5-7,9-10,14,17H,8H2,1-4H3. The fourth-order valence-electron chi connectivity index (χ4n) is 2.21. The summed E-state index contributed by atoms with van der Waals surface area (Å²) in [5, 5.41) is 0. The molecule has 0 saturated heterocycles. The molecule has 1 aromatic rings. The lowest BCUT2D eigenvalue weighted by atomic mass is 9.86. The Balaban J connectivity index is 2.90. The molecule has 0 aliphatic rings. The zero-order valence-corrected chi connectivity index (χ0v) is 13.0. The first-order valence-electron chi connectivity index (χ1n) is 6.59. The van der Waals surface area contributed by atoms with Crippen LogP contribution in [-0.2, 0) is 10.0 Å². The largest absolute Gasteiger partial charge is 0.240 e. The molecule has 0 aliphatic heterocycles. The van der Waals surface area contributed by atoms with E-state index < -0.39 is 21.7 Å². The molecule has 114 valence electrons. The number of hydrogen-bond donors (Lipinski definition) is 1. The van der Waals surface area contributed by atoms with Gasteiger partial charge in [0.25, 0.3) is 0 Å². The fraction of sp³-hybridized carbons (Fsp3) is 0.571. The van der Waals surface area contributed by atoms with Crippen LogP contribution in [-0.4, -0.2) is 15.0 Å². The molecular formula is C14H21F2NO2S. The molecule has 0 spiro atoms. The molecule has 0 amide bonds. The third-order valence-corrected chi connectivity index (χ3v) is 4.77. The Labute approximate surface area is 119 Å². The van der Waals surface area contributed by atoms with Gasteiger partial charge in [-0.15, -0.1) is 0 Å². The van der Waals surface area contributed by atoms with Crippen molar-refractivity contribution < 1.29 is 17.2 Å². The van der Waals surface area contributed by atoms with Crippen molar-refractivity contribution in [2.45, 2.75) is 32.6 Å². The Kier molecular flexibility index (Phi) is 5.65. The van der Waals surface area contributed by atoms with Crippen LogP contribution in [0, 0.1) is 29.4 Å². The zero-order chi connectivity index (χ0) is 15.5. The SMILES string of the molecule is CC(C)C(CNS(=O)(=O)c1cc(F)cc(F)c1)C(C)C. The Bertz CT molecular complexity index is 528. The Morgan fingerprint density at radius 3 is 1.85 bits per heavy atom. The lowest BCUT2D eigenvalue weighted by Gasteiger charge is -2.25. The van der Waals surface area contributed by atoms with E-state index in [1.54, 1.807) is 0 Å². The first-order chi connectivity index (χ1) is 9.13. The van der Waals surface area contributed by atoms with Crippen molar-refractivity contribution in [3.63, 3.8) is 0 Å². The van der Waals surface area contributed by atoms with Crippen LogP contribution in [0.5, 0.6) is 0 Å². The second-order valence-corrected chi connectivity index (χ2v) is 7.38. The second kappa shape index (κ2) is 6.63. The van der Waals surface area contributed by atoms with Gasteiger partial charge >= 0.3 is 0 Å². The maximum Gasteiger partial charge on any atom is 0.240 e. The number of sulfonamides is 1. The van der Waals surface area contributed by atoms with Crippen molar-refractivity contribution in [2.24, 2.45) is 17.8 Å². The van der Waals surface area contributed by atoms with Gasteiger partial charge in [0.05, 0.1) is 4.90 Å². The maximum absolute atomic E-state index is 13.1. The molecule has 6 heteroatoms. The van der Waals surface area contributed by atoms with Crippen LogP contribution in [0.2, 0.25) is 0 Å². The summed E-state index contributed by atoms with van der Waals surface area (Å²) >= 11 is 0. The fourth-order valence-corrected chi connectivity index (χ4v) is 3.33. The van der Waals surface area contributed by atoms with Crippen molar-refractivity contribution in [1.29, 1.82) is 0 Å². The summed E-state index contributed by atoms with van der Waals surface area (Å²) < 4.78 is 52.7. The zero-order valence-electron chi connectivity index (χ0n) is 12.2. The smallest absolute Gasteiger partial charge is 0.211 e. The van der Waals surface area contributed by atoms with E-state index in [4.69, 9.17) is 0 Å². The van der Waals surface area contributed by atoms with E-state index in [1.807, 2.05) is 27.7 Å². The maximum atomic E-state index is 13.1.